The van der Waals surface area contributed by atoms with Crippen molar-refractivity contribution in [1.82, 2.24) is 10.2 Å². The Bertz CT molecular complexity index is 1440. The fourth-order valence-electron chi connectivity index (χ4n) is 3.08. The van der Waals surface area contributed by atoms with E-state index < -0.39 is 5.97 Å². The maximum atomic E-state index is 11.9. The Hall–Kier alpha value is -2.98. The number of hydrogen-bond donors (Lipinski definition) is 1. The van der Waals surface area contributed by atoms with Crippen molar-refractivity contribution in [2.24, 2.45) is 0 Å². The third-order valence-electron chi connectivity index (χ3n) is 4.80. The summed E-state index contributed by atoms with van der Waals surface area (Å²) in [5.41, 5.74) is 1.99. The first-order valence-electron chi connectivity index (χ1n) is 10.3. The number of aliphatic carboxylic acids is 1. The second-order valence-electron chi connectivity index (χ2n) is 7.20. The molecule has 0 aliphatic rings. The summed E-state index contributed by atoms with van der Waals surface area (Å²) in [6.45, 7) is 0.292. The minimum Gasteiger partial charge on any atom is -0.496 e. The Morgan fingerprint density at radius 2 is 1.89 bits per heavy atom. The van der Waals surface area contributed by atoms with E-state index in [0.717, 1.165) is 17.3 Å². The number of rotatable bonds is 9. The summed E-state index contributed by atoms with van der Waals surface area (Å²) >= 11 is 16.6. The van der Waals surface area contributed by atoms with E-state index in [1.165, 1.54) is 13.2 Å². The maximum Gasteiger partial charge on any atom is 0.342 e. The van der Waals surface area contributed by atoms with Crippen LogP contribution in [0, 0.1) is 0 Å². The molecule has 36 heavy (non-hydrogen) atoms. The van der Waals surface area contributed by atoms with Gasteiger partial charge in [0.05, 0.1) is 17.1 Å². The quantitative estimate of drug-likeness (QED) is 0.153. The number of aromatic nitrogens is 2. The predicted octanol–water partition coefficient (Wildman–Crippen LogP) is 7.61. The van der Waals surface area contributed by atoms with E-state index in [0.29, 0.717) is 43.8 Å². The van der Waals surface area contributed by atoms with Crippen LogP contribution in [0.4, 0.5) is 0 Å². The summed E-state index contributed by atoms with van der Waals surface area (Å²) in [4.78, 5) is 11.9. The molecule has 11 heteroatoms. The van der Waals surface area contributed by atoms with Crippen LogP contribution in [0.5, 0.6) is 11.5 Å². The van der Waals surface area contributed by atoms with Crippen LogP contribution in [0.3, 0.4) is 0 Å². The highest BCUT2D eigenvalue weighted by molar-refractivity contribution is 9.10. The Morgan fingerprint density at radius 1 is 1.11 bits per heavy atom. The lowest BCUT2D eigenvalue weighted by Gasteiger charge is -2.10. The number of thioether (sulfide) groups is 1. The molecule has 0 amide bonds. The van der Waals surface area contributed by atoms with Crippen LogP contribution >= 0.6 is 50.9 Å². The van der Waals surface area contributed by atoms with Gasteiger partial charge in [-0.3, -0.25) is 0 Å². The van der Waals surface area contributed by atoms with Crippen molar-refractivity contribution in [2.75, 3.05) is 7.11 Å². The predicted molar refractivity (Wildman–Crippen MR) is 143 cm³/mol. The monoisotopic (exact) mass is 606 g/mol. The van der Waals surface area contributed by atoms with Crippen molar-refractivity contribution in [1.29, 1.82) is 0 Å². The zero-order valence-electron chi connectivity index (χ0n) is 18.6. The van der Waals surface area contributed by atoms with Gasteiger partial charge in [-0.05, 0) is 75.7 Å². The van der Waals surface area contributed by atoms with Gasteiger partial charge >= 0.3 is 5.97 Å². The molecule has 0 bridgehead atoms. The average molecular weight is 608 g/mol. The van der Waals surface area contributed by atoms with Crippen molar-refractivity contribution in [3.8, 4) is 23.0 Å². The van der Waals surface area contributed by atoms with Crippen LogP contribution in [-0.4, -0.2) is 28.4 Å². The normalized spacial score (nSPS) is 11.4. The summed E-state index contributed by atoms with van der Waals surface area (Å²) in [6, 6.07) is 17.6. The van der Waals surface area contributed by atoms with E-state index in [-0.39, 0.29) is 16.0 Å². The molecule has 0 aliphatic heterocycles. The van der Waals surface area contributed by atoms with Crippen LogP contribution < -0.4 is 9.47 Å². The summed E-state index contributed by atoms with van der Waals surface area (Å²) in [5.74, 6) is 0.100. The van der Waals surface area contributed by atoms with E-state index >= 15 is 0 Å². The van der Waals surface area contributed by atoms with Gasteiger partial charge in [-0.15, -0.1) is 10.2 Å². The van der Waals surface area contributed by atoms with Gasteiger partial charge in [0.2, 0.25) is 0 Å². The maximum absolute atomic E-state index is 11.9. The number of carbonyl (C=O) groups is 1. The molecule has 0 saturated carbocycles. The molecule has 1 N–H and O–H groups in total. The SMILES string of the molecule is COc1ccc(Cl)cc1-c1nnc(S/C(=C\c2ccc(OCc3ccccc3Cl)c(Br)c2)C(=O)O)o1. The molecule has 0 unspecified atom stereocenters. The second kappa shape index (κ2) is 11.8. The third kappa shape index (κ3) is 6.41. The standard InChI is InChI=1S/C25H17BrCl2N2O5S/c1-33-20-9-7-16(27)12-17(20)23-29-30-25(35-23)36-22(24(31)32)11-14-6-8-21(18(26)10-14)34-13-15-4-2-3-5-19(15)28/h2-12H,13H2,1H3,(H,31,32)/b22-11-. The highest BCUT2D eigenvalue weighted by atomic mass is 79.9. The van der Waals surface area contributed by atoms with Crippen molar-refractivity contribution in [2.45, 2.75) is 11.8 Å². The molecule has 0 atom stereocenters. The number of carboxylic acids is 1. The smallest absolute Gasteiger partial charge is 0.342 e. The number of benzene rings is 3. The van der Waals surface area contributed by atoms with E-state index in [1.54, 1.807) is 42.5 Å². The van der Waals surface area contributed by atoms with Crippen molar-refractivity contribution in [3.05, 3.63) is 91.2 Å². The fourth-order valence-corrected chi connectivity index (χ4v) is 4.63. The average Bonchev–Trinajstić information content (AvgIpc) is 3.32. The number of methoxy groups -OCH3 is 1. The number of nitrogens with zero attached hydrogens (tertiary/aromatic N) is 2. The third-order valence-corrected chi connectivity index (χ3v) is 6.88. The molecular weight excluding hydrogens is 591 g/mol. The van der Waals surface area contributed by atoms with Crippen molar-refractivity contribution >= 4 is 62.9 Å². The molecule has 0 saturated heterocycles. The van der Waals surface area contributed by atoms with E-state index in [4.69, 9.17) is 37.1 Å². The zero-order chi connectivity index (χ0) is 25.7. The van der Waals surface area contributed by atoms with Gasteiger partial charge in [-0.1, -0.05) is 47.5 Å². The van der Waals surface area contributed by atoms with Crippen LogP contribution in [0.15, 0.2) is 79.7 Å². The minimum absolute atomic E-state index is 0.0140. The molecule has 7 nitrogen and oxygen atoms in total. The molecule has 0 spiro atoms. The highest BCUT2D eigenvalue weighted by Crippen LogP contribution is 2.35. The zero-order valence-corrected chi connectivity index (χ0v) is 22.5. The Labute approximate surface area is 229 Å². The molecule has 184 valence electrons. The molecular formula is C25H17BrCl2N2O5S. The van der Waals surface area contributed by atoms with Crippen LogP contribution in [0.1, 0.15) is 11.1 Å². The van der Waals surface area contributed by atoms with Gasteiger partial charge in [0.1, 0.15) is 23.0 Å². The number of carboxylic acid groups (broad SMARTS) is 1. The first-order chi connectivity index (χ1) is 17.3. The number of ether oxygens (including phenoxy) is 2. The number of halogens is 3. The molecule has 3 aromatic carbocycles. The highest BCUT2D eigenvalue weighted by Gasteiger charge is 2.18. The van der Waals surface area contributed by atoms with Gasteiger partial charge in [0.25, 0.3) is 11.1 Å². The topological polar surface area (TPSA) is 94.7 Å². The van der Waals surface area contributed by atoms with E-state index in [9.17, 15) is 9.90 Å². The Kier molecular flexibility index (Phi) is 8.58. The first-order valence-corrected chi connectivity index (χ1v) is 12.7. The van der Waals surface area contributed by atoms with Gasteiger partial charge in [0, 0.05) is 15.6 Å². The lowest BCUT2D eigenvalue weighted by atomic mass is 10.2. The van der Waals surface area contributed by atoms with Crippen molar-refractivity contribution < 1.29 is 23.8 Å². The summed E-state index contributed by atoms with van der Waals surface area (Å²) < 4.78 is 17.5. The molecule has 0 radical (unpaired) electrons. The molecule has 4 aromatic rings. The largest absolute Gasteiger partial charge is 0.496 e. The minimum atomic E-state index is -1.14. The van der Waals surface area contributed by atoms with E-state index in [2.05, 4.69) is 26.1 Å². The Balaban J connectivity index is 1.51. The van der Waals surface area contributed by atoms with Gasteiger partial charge < -0.3 is 19.0 Å². The van der Waals surface area contributed by atoms with Crippen LogP contribution in [-0.2, 0) is 11.4 Å². The Morgan fingerprint density at radius 3 is 2.61 bits per heavy atom. The van der Waals surface area contributed by atoms with Crippen LogP contribution in [0.25, 0.3) is 17.5 Å². The lowest BCUT2D eigenvalue weighted by Crippen LogP contribution is -1.98. The van der Waals surface area contributed by atoms with E-state index in [1.807, 2.05) is 18.2 Å². The lowest BCUT2D eigenvalue weighted by molar-refractivity contribution is -0.131. The summed E-state index contributed by atoms with van der Waals surface area (Å²) in [6.07, 6.45) is 1.50. The van der Waals surface area contributed by atoms with Crippen LogP contribution in [0.2, 0.25) is 10.0 Å². The van der Waals surface area contributed by atoms with Gasteiger partial charge in [0.15, 0.2) is 0 Å². The first kappa shape index (κ1) is 26.1. The summed E-state index contributed by atoms with van der Waals surface area (Å²) in [7, 11) is 1.51. The van der Waals surface area contributed by atoms with Crippen molar-refractivity contribution in [3.63, 3.8) is 0 Å². The fraction of sp³-hybridized carbons (Fsp3) is 0.0800. The van der Waals surface area contributed by atoms with Gasteiger partial charge in [-0.25, -0.2) is 4.79 Å². The second-order valence-corrected chi connectivity index (χ2v) is 9.89. The molecule has 4 rings (SSSR count). The van der Waals surface area contributed by atoms with Gasteiger partial charge in [-0.2, -0.15) is 0 Å². The number of hydrogen-bond acceptors (Lipinski definition) is 7. The molecule has 0 aliphatic carbocycles. The molecule has 0 fully saturated rings. The summed E-state index contributed by atoms with van der Waals surface area (Å²) in [5, 5.41) is 18.8. The molecule has 1 heterocycles. The molecule has 1 aromatic heterocycles.